The van der Waals surface area contributed by atoms with Crippen LogP contribution < -0.4 is 10.6 Å². The number of nitrogen functional groups attached to an aromatic ring is 1. The zero-order chi connectivity index (χ0) is 11.5. The van der Waals surface area contributed by atoms with Crippen LogP contribution in [0.25, 0.3) is 0 Å². The van der Waals surface area contributed by atoms with Gasteiger partial charge in [0.25, 0.3) is 0 Å². The number of nitrogens with zero attached hydrogens (tertiary/aromatic N) is 4. The minimum Gasteiger partial charge on any atom is -0.382 e. The van der Waals surface area contributed by atoms with Crippen LogP contribution >= 0.6 is 0 Å². The predicted molar refractivity (Wildman–Crippen MR) is 65.4 cm³/mol. The second kappa shape index (κ2) is 4.65. The van der Waals surface area contributed by atoms with E-state index in [0.29, 0.717) is 11.9 Å². The lowest BCUT2D eigenvalue weighted by Gasteiger charge is -2.26. The summed E-state index contributed by atoms with van der Waals surface area (Å²) in [5.41, 5.74) is 5.51. The lowest BCUT2D eigenvalue weighted by Crippen LogP contribution is -2.37. The van der Waals surface area contributed by atoms with E-state index in [1.54, 1.807) is 6.07 Å². The van der Waals surface area contributed by atoms with E-state index in [-0.39, 0.29) is 0 Å². The third-order valence-electron chi connectivity index (χ3n) is 3.22. The maximum absolute atomic E-state index is 5.51. The molecular formula is C11H19N5. The molecule has 0 bridgehead atoms. The summed E-state index contributed by atoms with van der Waals surface area (Å²) < 4.78 is 0. The van der Waals surface area contributed by atoms with Crippen molar-refractivity contribution < 1.29 is 0 Å². The van der Waals surface area contributed by atoms with Crippen molar-refractivity contribution in [1.29, 1.82) is 0 Å². The van der Waals surface area contributed by atoms with Gasteiger partial charge in [0, 0.05) is 19.6 Å². The molecule has 2 heterocycles. The highest BCUT2D eigenvalue weighted by Crippen LogP contribution is 2.17. The predicted octanol–water partition coefficient (Wildman–Crippen LogP) is 0.589. The molecular weight excluding hydrogens is 202 g/mol. The molecule has 0 spiro atoms. The molecule has 0 aromatic carbocycles. The summed E-state index contributed by atoms with van der Waals surface area (Å²) in [4.78, 5) is 4.54. The Morgan fingerprint density at radius 3 is 2.88 bits per heavy atom. The van der Waals surface area contributed by atoms with E-state index in [2.05, 4.69) is 27.0 Å². The monoisotopic (exact) mass is 221 g/mol. The summed E-state index contributed by atoms with van der Waals surface area (Å²) in [5, 5.41) is 7.94. The van der Waals surface area contributed by atoms with Gasteiger partial charge in [0.2, 0.25) is 0 Å². The van der Waals surface area contributed by atoms with Crippen LogP contribution in [0.3, 0.4) is 0 Å². The first-order chi connectivity index (χ1) is 7.66. The summed E-state index contributed by atoms with van der Waals surface area (Å²) in [6.45, 7) is 2.20. The Hall–Kier alpha value is -1.36. The Morgan fingerprint density at radius 1 is 1.50 bits per heavy atom. The normalized spacial score (nSPS) is 21.2. The van der Waals surface area contributed by atoms with Gasteiger partial charge in [0.15, 0.2) is 5.82 Å². The molecule has 1 aromatic rings. The first-order valence-corrected chi connectivity index (χ1v) is 5.67. The maximum atomic E-state index is 5.51. The third kappa shape index (κ3) is 2.41. The van der Waals surface area contributed by atoms with Gasteiger partial charge >= 0.3 is 0 Å². The molecule has 0 amide bonds. The molecule has 1 saturated heterocycles. The molecule has 2 N–H and O–H groups in total. The standard InChI is InChI=1S/C11H19N5/c1-15-7-3-4-9(15)8-16(2)11-6-5-10(12)13-14-11/h5-6,9H,3-4,7-8H2,1-2H3,(H2,12,13). The highest BCUT2D eigenvalue weighted by molar-refractivity contribution is 5.40. The fourth-order valence-electron chi connectivity index (χ4n) is 2.16. The minimum absolute atomic E-state index is 0.468. The van der Waals surface area contributed by atoms with Crippen LogP contribution in [0, 0.1) is 0 Å². The van der Waals surface area contributed by atoms with Crippen LogP contribution in [0.15, 0.2) is 12.1 Å². The Balaban J connectivity index is 1.97. The van der Waals surface area contributed by atoms with Gasteiger partial charge in [0.1, 0.15) is 5.82 Å². The van der Waals surface area contributed by atoms with Crippen LogP contribution in [0.2, 0.25) is 0 Å². The quantitative estimate of drug-likeness (QED) is 0.809. The zero-order valence-corrected chi connectivity index (χ0v) is 9.93. The van der Waals surface area contributed by atoms with E-state index in [1.807, 2.05) is 13.1 Å². The second-order valence-corrected chi connectivity index (χ2v) is 4.47. The van der Waals surface area contributed by atoms with E-state index in [1.165, 1.54) is 19.4 Å². The van der Waals surface area contributed by atoms with Crippen LogP contribution in [0.1, 0.15) is 12.8 Å². The molecule has 1 aromatic heterocycles. The van der Waals surface area contributed by atoms with Gasteiger partial charge in [0.05, 0.1) is 0 Å². The van der Waals surface area contributed by atoms with Crippen LogP contribution in [-0.2, 0) is 0 Å². The van der Waals surface area contributed by atoms with Crippen LogP contribution in [0.5, 0.6) is 0 Å². The summed E-state index contributed by atoms with van der Waals surface area (Å²) >= 11 is 0. The number of nitrogens with two attached hydrogens (primary N) is 1. The van der Waals surface area contributed by atoms with E-state index in [9.17, 15) is 0 Å². The van der Waals surface area contributed by atoms with Gasteiger partial charge in [-0.15, -0.1) is 10.2 Å². The first kappa shape index (κ1) is 11.1. The molecule has 5 nitrogen and oxygen atoms in total. The Bertz CT molecular complexity index is 337. The molecule has 5 heteroatoms. The van der Waals surface area contributed by atoms with Gasteiger partial charge in [-0.05, 0) is 38.6 Å². The van der Waals surface area contributed by atoms with Crippen molar-refractivity contribution in [2.24, 2.45) is 0 Å². The number of anilines is 2. The molecule has 88 valence electrons. The second-order valence-electron chi connectivity index (χ2n) is 4.47. The molecule has 2 rings (SSSR count). The average Bonchev–Trinajstić information content (AvgIpc) is 2.65. The molecule has 1 aliphatic rings. The molecule has 1 unspecified atom stereocenters. The summed E-state index contributed by atoms with van der Waals surface area (Å²) in [7, 11) is 4.23. The van der Waals surface area contributed by atoms with Crippen molar-refractivity contribution in [2.45, 2.75) is 18.9 Å². The molecule has 1 fully saturated rings. The molecule has 1 atom stereocenters. The first-order valence-electron chi connectivity index (χ1n) is 5.67. The van der Waals surface area contributed by atoms with Crippen LogP contribution in [0.4, 0.5) is 11.6 Å². The van der Waals surface area contributed by atoms with Crippen molar-refractivity contribution >= 4 is 11.6 Å². The van der Waals surface area contributed by atoms with Crippen molar-refractivity contribution in [2.75, 3.05) is 37.8 Å². The van der Waals surface area contributed by atoms with Crippen molar-refractivity contribution in [1.82, 2.24) is 15.1 Å². The largest absolute Gasteiger partial charge is 0.382 e. The average molecular weight is 221 g/mol. The number of aromatic nitrogens is 2. The summed E-state index contributed by atoms with van der Waals surface area (Å²) in [6, 6.07) is 4.33. The SMILES string of the molecule is CN(CC1CCCN1C)c1ccc(N)nn1. The highest BCUT2D eigenvalue weighted by Gasteiger charge is 2.22. The number of rotatable bonds is 3. The fourth-order valence-corrected chi connectivity index (χ4v) is 2.16. The Kier molecular flexibility index (Phi) is 3.24. The fraction of sp³-hybridized carbons (Fsp3) is 0.636. The maximum Gasteiger partial charge on any atom is 0.151 e. The minimum atomic E-state index is 0.468. The van der Waals surface area contributed by atoms with Gasteiger partial charge < -0.3 is 15.5 Å². The number of hydrogen-bond donors (Lipinski definition) is 1. The summed E-state index contributed by atoms with van der Waals surface area (Å²) in [6.07, 6.45) is 2.56. The number of hydrogen-bond acceptors (Lipinski definition) is 5. The highest BCUT2D eigenvalue weighted by atomic mass is 15.3. The molecule has 0 aliphatic carbocycles. The number of likely N-dealkylation sites (tertiary alicyclic amines) is 1. The van der Waals surface area contributed by atoms with Crippen molar-refractivity contribution in [3.8, 4) is 0 Å². The van der Waals surface area contributed by atoms with E-state index < -0.39 is 0 Å². The van der Waals surface area contributed by atoms with Crippen molar-refractivity contribution in [3.05, 3.63) is 12.1 Å². The van der Waals surface area contributed by atoms with Gasteiger partial charge in [-0.3, -0.25) is 0 Å². The molecule has 16 heavy (non-hydrogen) atoms. The van der Waals surface area contributed by atoms with Crippen molar-refractivity contribution in [3.63, 3.8) is 0 Å². The van der Waals surface area contributed by atoms with Crippen LogP contribution in [-0.4, -0.2) is 48.3 Å². The topological polar surface area (TPSA) is 58.3 Å². The lowest BCUT2D eigenvalue weighted by molar-refractivity contribution is 0.314. The Morgan fingerprint density at radius 2 is 2.31 bits per heavy atom. The number of likely N-dealkylation sites (N-methyl/N-ethyl adjacent to an activating group) is 2. The lowest BCUT2D eigenvalue weighted by atomic mass is 10.2. The third-order valence-corrected chi connectivity index (χ3v) is 3.22. The van der Waals surface area contributed by atoms with Gasteiger partial charge in [-0.2, -0.15) is 0 Å². The summed E-state index contributed by atoms with van der Waals surface area (Å²) in [5.74, 6) is 1.35. The van der Waals surface area contributed by atoms with Gasteiger partial charge in [-0.25, -0.2) is 0 Å². The van der Waals surface area contributed by atoms with E-state index in [0.717, 1.165) is 12.4 Å². The molecule has 0 saturated carbocycles. The molecule has 1 aliphatic heterocycles. The zero-order valence-electron chi connectivity index (χ0n) is 9.93. The van der Waals surface area contributed by atoms with Gasteiger partial charge in [-0.1, -0.05) is 0 Å². The van der Waals surface area contributed by atoms with E-state index in [4.69, 9.17) is 5.73 Å². The molecule has 0 radical (unpaired) electrons. The van der Waals surface area contributed by atoms with E-state index >= 15 is 0 Å². The smallest absolute Gasteiger partial charge is 0.151 e. The Labute approximate surface area is 96.2 Å².